The highest BCUT2D eigenvalue weighted by Gasteiger charge is 2.36. The lowest BCUT2D eigenvalue weighted by molar-refractivity contribution is 0.312. The first kappa shape index (κ1) is 12.4. The summed E-state index contributed by atoms with van der Waals surface area (Å²) in [6, 6.07) is 8.43. The van der Waals surface area contributed by atoms with Gasteiger partial charge in [-0.2, -0.15) is 11.8 Å². The molecule has 98 valence electrons. The fraction of sp³-hybridized carbons (Fsp3) is 0.600. The van der Waals surface area contributed by atoms with E-state index >= 15 is 0 Å². The van der Waals surface area contributed by atoms with Gasteiger partial charge in [-0.1, -0.05) is 24.6 Å². The maximum absolute atomic E-state index is 5.72. The zero-order valence-electron chi connectivity index (χ0n) is 10.9. The molecule has 1 atom stereocenters. The van der Waals surface area contributed by atoms with Crippen LogP contribution < -0.4 is 10.1 Å². The maximum atomic E-state index is 5.72. The Balaban J connectivity index is 1.53. The Labute approximate surface area is 113 Å². The van der Waals surface area contributed by atoms with Crippen molar-refractivity contribution in [2.24, 2.45) is 0 Å². The van der Waals surface area contributed by atoms with Crippen molar-refractivity contribution in [2.75, 3.05) is 26.0 Å². The Bertz CT molecular complexity index is 411. The average molecular weight is 263 g/mol. The summed E-state index contributed by atoms with van der Waals surface area (Å²) >= 11 is 2.03. The number of nitrogens with one attached hydrogen (secondary N) is 1. The van der Waals surface area contributed by atoms with Gasteiger partial charge in [0.25, 0.3) is 0 Å². The maximum Gasteiger partial charge on any atom is 0.122 e. The van der Waals surface area contributed by atoms with Crippen LogP contribution >= 0.6 is 11.8 Å². The van der Waals surface area contributed by atoms with Crippen LogP contribution in [0.15, 0.2) is 24.3 Å². The van der Waals surface area contributed by atoms with Crippen molar-refractivity contribution < 1.29 is 4.74 Å². The van der Waals surface area contributed by atoms with Crippen molar-refractivity contribution in [3.8, 4) is 5.75 Å². The van der Waals surface area contributed by atoms with Gasteiger partial charge in [-0.05, 0) is 25.2 Å². The van der Waals surface area contributed by atoms with Gasteiger partial charge in [-0.25, -0.2) is 0 Å². The molecule has 1 aliphatic heterocycles. The van der Waals surface area contributed by atoms with Gasteiger partial charge in [0.1, 0.15) is 5.75 Å². The first-order valence-electron chi connectivity index (χ1n) is 6.81. The lowest BCUT2D eigenvalue weighted by Crippen LogP contribution is -2.44. The highest BCUT2D eigenvalue weighted by Crippen LogP contribution is 2.42. The van der Waals surface area contributed by atoms with Gasteiger partial charge < -0.3 is 10.1 Å². The Morgan fingerprint density at radius 2 is 2.22 bits per heavy atom. The largest absolute Gasteiger partial charge is 0.493 e. The summed E-state index contributed by atoms with van der Waals surface area (Å²) in [4.78, 5) is 0. The monoisotopic (exact) mass is 263 g/mol. The molecule has 18 heavy (non-hydrogen) atoms. The lowest BCUT2D eigenvalue weighted by atomic mass is 9.84. The standard InChI is InChI=1S/C15H21NOS/c1-18-15(7-4-8-15)11-16-9-12-10-17-14-6-3-2-5-13(12)14/h2-3,5-6,12,16H,4,7-11H2,1H3. The van der Waals surface area contributed by atoms with E-state index in [1.807, 2.05) is 17.8 Å². The smallest absolute Gasteiger partial charge is 0.122 e. The van der Waals surface area contributed by atoms with E-state index in [1.165, 1.54) is 24.8 Å². The van der Waals surface area contributed by atoms with Crippen molar-refractivity contribution in [2.45, 2.75) is 29.9 Å². The molecule has 3 rings (SSSR count). The molecule has 1 heterocycles. The third-order valence-corrected chi connectivity index (χ3v) is 5.75. The van der Waals surface area contributed by atoms with Gasteiger partial charge >= 0.3 is 0 Å². The van der Waals surface area contributed by atoms with Crippen LogP contribution in [0.2, 0.25) is 0 Å². The Morgan fingerprint density at radius 1 is 1.39 bits per heavy atom. The quantitative estimate of drug-likeness (QED) is 0.882. The Morgan fingerprint density at radius 3 is 2.94 bits per heavy atom. The molecule has 0 saturated heterocycles. The molecule has 1 saturated carbocycles. The average Bonchev–Trinajstić information content (AvgIpc) is 2.76. The van der Waals surface area contributed by atoms with Crippen LogP contribution in [0.1, 0.15) is 30.7 Å². The number of benzene rings is 1. The second kappa shape index (κ2) is 5.14. The minimum atomic E-state index is 0.527. The molecule has 3 heteroatoms. The number of rotatable bonds is 5. The summed E-state index contributed by atoms with van der Waals surface area (Å²) in [6.45, 7) is 3.02. The zero-order chi connectivity index (χ0) is 12.4. The lowest BCUT2D eigenvalue weighted by Gasteiger charge is -2.40. The van der Waals surface area contributed by atoms with Gasteiger partial charge in [0.2, 0.25) is 0 Å². The second-order valence-electron chi connectivity index (χ2n) is 5.42. The number of hydrogen-bond acceptors (Lipinski definition) is 3. The molecule has 0 amide bonds. The van der Waals surface area contributed by atoms with Gasteiger partial charge in [0, 0.05) is 29.3 Å². The summed E-state index contributed by atoms with van der Waals surface area (Å²) in [7, 11) is 0. The second-order valence-corrected chi connectivity index (χ2v) is 6.69. The molecule has 0 spiro atoms. The van der Waals surface area contributed by atoms with E-state index in [1.54, 1.807) is 0 Å². The van der Waals surface area contributed by atoms with Gasteiger partial charge in [0.15, 0.2) is 0 Å². The third kappa shape index (κ3) is 2.26. The highest BCUT2D eigenvalue weighted by molar-refractivity contribution is 8.00. The molecule has 2 aliphatic rings. The molecule has 1 aromatic rings. The zero-order valence-corrected chi connectivity index (χ0v) is 11.8. The van der Waals surface area contributed by atoms with Crippen LogP contribution in [-0.2, 0) is 0 Å². The van der Waals surface area contributed by atoms with Crippen LogP contribution in [0.25, 0.3) is 0 Å². The predicted octanol–water partition coefficient (Wildman–Crippen LogP) is 3.04. The van der Waals surface area contributed by atoms with E-state index < -0.39 is 0 Å². The Hall–Kier alpha value is -0.670. The number of hydrogen-bond donors (Lipinski definition) is 1. The molecule has 2 nitrogen and oxygen atoms in total. The van der Waals surface area contributed by atoms with E-state index in [0.29, 0.717) is 10.7 Å². The first-order valence-corrected chi connectivity index (χ1v) is 8.03. The first-order chi connectivity index (χ1) is 8.83. The van der Waals surface area contributed by atoms with E-state index in [9.17, 15) is 0 Å². The molecule has 1 aliphatic carbocycles. The van der Waals surface area contributed by atoms with Crippen molar-refractivity contribution in [1.82, 2.24) is 5.32 Å². The molecule has 1 fully saturated rings. The summed E-state index contributed by atoms with van der Waals surface area (Å²) in [5, 5.41) is 3.66. The minimum absolute atomic E-state index is 0.527. The molecule has 0 radical (unpaired) electrons. The van der Waals surface area contributed by atoms with E-state index in [4.69, 9.17) is 4.74 Å². The third-order valence-electron chi connectivity index (χ3n) is 4.33. The van der Waals surface area contributed by atoms with Crippen molar-refractivity contribution in [1.29, 1.82) is 0 Å². The van der Waals surface area contributed by atoms with E-state index in [0.717, 1.165) is 25.4 Å². The van der Waals surface area contributed by atoms with Crippen LogP contribution in [0.4, 0.5) is 0 Å². The van der Waals surface area contributed by atoms with Crippen molar-refractivity contribution in [3.63, 3.8) is 0 Å². The molecular formula is C15H21NOS. The van der Waals surface area contributed by atoms with Crippen LogP contribution in [0.5, 0.6) is 5.75 Å². The molecule has 1 N–H and O–H groups in total. The molecule has 1 aromatic carbocycles. The van der Waals surface area contributed by atoms with E-state index in [-0.39, 0.29) is 0 Å². The molecule has 0 bridgehead atoms. The van der Waals surface area contributed by atoms with Gasteiger partial charge in [0.05, 0.1) is 6.61 Å². The Kier molecular flexibility index (Phi) is 3.53. The summed E-state index contributed by atoms with van der Waals surface area (Å²) in [6.07, 6.45) is 6.39. The SMILES string of the molecule is CSC1(CNCC2COc3ccccc32)CCC1. The number of para-hydroxylation sites is 1. The number of fused-ring (bicyclic) bond motifs is 1. The summed E-state index contributed by atoms with van der Waals surface area (Å²) < 4.78 is 6.24. The van der Waals surface area contributed by atoms with Crippen molar-refractivity contribution in [3.05, 3.63) is 29.8 Å². The highest BCUT2D eigenvalue weighted by atomic mass is 32.2. The molecule has 1 unspecified atom stereocenters. The minimum Gasteiger partial charge on any atom is -0.493 e. The van der Waals surface area contributed by atoms with Crippen LogP contribution in [0, 0.1) is 0 Å². The van der Waals surface area contributed by atoms with Gasteiger partial charge in [-0.3, -0.25) is 0 Å². The fourth-order valence-corrected chi connectivity index (χ4v) is 3.84. The van der Waals surface area contributed by atoms with E-state index in [2.05, 4.69) is 29.8 Å². The molecular weight excluding hydrogens is 242 g/mol. The van der Waals surface area contributed by atoms with Crippen LogP contribution in [0.3, 0.4) is 0 Å². The normalized spacial score (nSPS) is 24.2. The number of ether oxygens (including phenoxy) is 1. The summed E-state index contributed by atoms with van der Waals surface area (Å²) in [5.74, 6) is 1.60. The molecule has 0 aromatic heterocycles. The van der Waals surface area contributed by atoms with Crippen LogP contribution in [-0.4, -0.2) is 30.7 Å². The fourth-order valence-electron chi connectivity index (χ4n) is 2.90. The van der Waals surface area contributed by atoms with Gasteiger partial charge in [-0.15, -0.1) is 0 Å². The van der Waals surface area contributed by atoms with Crippen molar-refractivity contribution >= 4 is 11.8 Å². The summed E-state index contributed by atoms with van der Waals surface area (Å²) in [5.41, 5.74) is 1.37. The number of thioether (sulfide) groups is 1. The predicted molar refractivity (Wildman–Crippen MR) is 77.6 cm³/mol. The topological polar surface area (TPSA) is 21.3 Å².